The average molecular weight is 296 g/mol. The third-order valence-electron chi connectivity index (χ3n) is 2.26. The number of nitrogens with zero attached hydrogens (tertiary/aromatic N) is 1. The fraction of sp³-hybridized carbons (Fsp3) is 0.333. The van der Waals surface area contributed by atoms with Crippen molar-refractivity contribution in [3.05, 3.63) is 28.2 Å². The first-order chi connectivity index (χ1) is 8.13. The maximum absolute atomic E-state index is 10.5. The lowest BCUT2D eigenvalue weighted by atomic mass is 10.2. The van der Waals surface area contributed by atoms with Crippen molar-refractivity contribution in [1.82, 2.24) is 0 Å². The van der Waals surface area contributed by atoms with Crippen LogP contribution in [0.1, 0.15) is 24.8 Å². The molecular formula is C12H14BrN3O. The number of rotatable bonds is 6. The van der Waals surface area contributed by atoms with Crippen LogP contribution in [0.5, 0.6) is 0 Å². The largest absolute Gasteiger partial charge is 0.384 e. The fourth-order valence-electron chi connectivity index (χ4n) is 1.38. The molecule has 1 aromatic carbocycles. The van der Waals surface area contributed by atoms with Gasteiger partial charge in [0.25, 0.3) is 0 Å². The Morgan fingerprint density at radius 2 is 2.24 bits per heavy atom. The normalized spacial score (nSPS) is 9.65. The third kappa shape index (κ3) is 4.87. The maximum atomic E-state index is 10.5. The number of carbonyl (C=O) groups is 1. The Hall–Kier alpha value is -1.54. The number of nitrogens with two attached hydrogens (primary N) is 1. The van der Waals surface area contributed by atoms with Crippen LogP contribution >= 0.6 is 15.9 Å². The molecule has 0 aromatic heterocycles. The molecule has 0 aliphatic heterocycles. The third-order valence-corrected chi connectivity index (χ3v) is 2.92. The van der Waals surface area contributed by atoms with E-state index in [0.717, 1.165) is 29.5 Å². The second-order valence-corrected chi connectivity index (χ2v) is 4.51. The molecule has 90 valence electrons. The molecule has 1 aromatic rings. The van der Waals surface area contributed by atoms with Gasteiger partial charge in [0, 0.05) is 23.1 Å². The first kappa shape index (κ1) is 13.5. The Labute approximate surface area is 109 Å². The van der Waals surface area contributed by atoms with Crippen molar-refractivity contribution in [3.63, 3.8) is 0 Å². The number of primary amides is 1. The van der Waals surface area contributed by atoms with Gasteiger partial charge in [0.1, 0.15) is 0 Å². The molecule has 3 N–H and O–H groups in total. The molecule has 0 aliphatic carbocycles. The van der Waals surface area contributed by atoms with Gasteiger partial charge in [-0.05, 0) is 47.0 Å². The van der Waals surface area contributed by atoms with E-state index in [0.29, 0.717) is 12.0 Å². The van der Waals surface area contributed by atoms with E-state index in [1.807, 2.05) is 6.07 Å². The second-order valence-electron chi connectivity index (χ2n) is 3.66. The minimum atomic E-state index is -0.260. The van der Waals surface area contributed by atoms with Gasteiger partial charge in [-0.25, -0.2) is 0 Å². The van der Waals surface area contributed by atoms with Crippen molar-refractivity contribution in [1.29, 1.82) is 5.26 Å². The molecular weight excluding hydrogens is 282 g/mol. The van der Waals surface area contributed by atoms with Crippen LogP contribution in [0, 0.1) is 11.3 Å². The summed E-state index contributed by atoms with van der Waals surface area (Å²) in [6, 6.07) is 7.46. The van der Waals surface area contributed by atoms with Gasteiger partial charge < -0.3 is 11.1 Å². The van der Waals surface area contributed by atoms with E-state index in [1.165, 1.54) is 0 Å². The summed E-state index contributed by atoms with van der Waals surface area (Å²) < 4.78 is 0.867. The Bertz CT molecular complexity index is 440. The predicted molar refractivity (Wildman–Crippen MR) is 70.4 cm³/mol. The van der Waals surface area contributed by atoms with Crippen molar-refractivity contribution in [2.75, 3.05) is 11.9 Å². The van der Waals surface area contributed by atoms with Gasteiger partial charge in [-0.15, -0.1) is 0 Å². The lowest BCUT2D eigenvalue weighted by Crippen LogP contribution is -2.11. The molecule has 0 saturated carbocycles. The summed E-state index contributed by atoms with van der Waals surface area (Å²) in [5, 5.41) is 11.9. The Balaban J connectivity index is 2.37. The van der Waals surface area contributed by atoms with E-state index < -0.39 is 0 Å². The number of carbonyl (C=O) groups excluding carboxylic acids is 1. The summed E-state index contributed by atoms with van der Waals surface area (Å²) >= 11 is 3.39. The van der Waals surface area contributed by atoms with Gasteiger partial charge in [-0.3, -0.25) is 4.79 Å². The van der Waals surface area contributed by atoms with Crippen LogP contribution in [0.4, 0.5) is 5.69 Å². The molecule has 0 atom stereocenters. The number of anilines is 1. The van der Waals surface area contributed by atoms with Crippen molar-refractivity contribution < 1.29 is 4.79 Å². The highest BCUT2D eigenvalue weighted by atomic mass is 79.9. The average Bonchev–Trinajstić information content (AvgIpc) is 2.30. The number of nitrogens with one attached hydrogen (secondary N) is 1. The summed E-state index contributed by atoms with van der Waals surface area (Å²) in [5.41, 5.74) is 6.61. The summed E-state index contributed by atoms with van der Waals surface area (Å²) in [6.07, 6.45) is 2.10. The van der Waals surface area contributed by atoms with Gasteiger partial charge >= 0.3 is 0 Å². The lowest BCUT2D eigenvalue weighted by Gasteiger charge is -2.08. The van der Waals surface area contributed by atoms with Crippen molar-refractivity contribution in [2.45, 2.75) is 19.3 Å². The molecule has 0 heterocycles. The standard InChI is InChI=1S/C12H14BrN3O/c13-10-7-9(8-14)4-5-11(10)16-6-2-1-3-12(15)17/h4-5,7,16H,1-3,6H2,(H2,15,17). The highest BCUT2D eigenvalue weighted by molar-refractivity contribution is 9.10. The van der Waals surface area contributed by atoms with Crippen LogP contribution in [-0.4, -0.2) is 12.5 Å². The minimum absolute atomic E-state index is 0.260. The Morgan fingerprint density at radius 1 is 1.47 bits per heavy atom. The molecule has 0 fully saturated rings. The van der Waals surface area contributed by atoms with E-state index >= 15 is 0 Å². The molecule has 1 amide bonds. The topological polar surface area (TPSA) is 78.9 Å². The number of hydrogen-bond donors (Lipinski definition) is 2. The number of amides is 1. The van der Waals surface area contributed by atoms with Gasteiger partial charge in [0.15, 0.2) is 0 Å². The molecule has 0 unspecified atom stereocenters. The van der Waals surface area contributed by atoms with E-state index in [1.54, 1.807) is 12.1 Å². The second kappa shape index (κ2) is 6.92. The fourth-order valence-corrected chi connectivity index (χ4v) is 1.89. The van der Waals surface area contributed by atoms with Gasteiger partial charge in [0.05, 0.1) is 11.6 Å². The van der Waals surface area contributed by atoms with Gasteiger partial charge in [-0.1, -0.05) is 0 Å². The number of unbranched alkanes of at least 4 members (excludes halogenated alkanes) is 1. The van der Waals surface area contributed by atoms with Crippen LogP contribution in [-0.2, 0) is 4.79 Å². The van der Waals surface area contributed by atoms with Crippen LogP contribution in [0.15, 0.2) is 22.7 Å². The van der Waals surface area contributed by atoms with E-state index in [9.17, 15) is 4.79 Å². The highest BCUT2D eigenvalue weighted by Crippen LogP contribution is 2.23. The van der Waals surface area contributed by atoms with Crippen molar-refractivity contribution >= 4 is 27.5 Å². The van der Waals surface area contributed by atoms with Crippen LogP contribution < -0.4 is 11.1 Å². The SMILES string of the molecule is N#Cc1ccc(NCCCCC(N)=O)c(Br)c1. The first-order valence-corrected chi connectivity index (χ1v) is 6.14. The van der Waals surface area contributed by atoms with E-state index in [4.69, 9.17) is 11.0 Å². The summed E-state index contributed by atoms with van der Waals surface area (Å²) in [7, 11) is 0. The summed E-state index contributed by atoms with van der Waals surface area (Å²) in [6.45, 7) is 0.776. The molecule has 17 heavy (non-hydrogen) atoms. The number of halogens is 1. The smallest absolute Gasteiger partial charge is 0.217 e. The van der Waals surface area contributed by atoms with E-state index in [-0.39, 0.29) is 5.91 Å². The number of hydrogen-bond acceptors (Lipinski definition) is 3. The maximum Gasteiger partial charge on any atom is 0.217 e. The molecule has 5 heteroatoms. The summed E-state index contributed by atoms with van der Waals surface area (Å²) in [5.74, 6) is -0.260. The highest BCUT2D eigenvalue weighted by Gasteiger charge is 2.00. The zero-order valence-electron chi connectivity index (χ0n) is 9.37. The molecule has 1 rings (SSSR count). The number of nitriles is 1. The monoisotopic (exact) mass is 295 g/mol. The quantitative estimate of drug-likeness (QED) is 0.791. The minimum Gasteiger partial charge on any atom is -0.384 e. The van der Waals surface area contributed by atoms with Crippen LogP contribution in [0.3, 0.4) is 0 Å². The predicted octanol–water partition coefficient (Wildman–Crippen LogP) is 2.39. The summed E-state index contributed by atoms with van der Waals surface area (Å²) in [4.78, 5) is 10.5. The van der Waals surface area contributed by atoms with Crippen molar-refractivity contribution in [3.8, 4) is 6.07 Å². The van der Waals surface area contributed by atoms with Crippen molar-refractivity contribution in [2.24, 2.45) is 5.73 Å². The zero-order chi connectivity index (χ0) is 12.7. The number of benzene rings is 1. The Kier molecular flexibility index (Phi) is 5.50. The zero-order valence-corrected chi connectivity index (χ0v) is 11.0. The molecule has 0 saturated heterocycles. The van der Waals surface area contributed by atoms with Crippen LogP contribution in [0.25, 0.3) is 0 Å². The van der Waals surface area contributed by atoms with E-state index in [2.05, 4.69) is 27.3 Å². The Morgan fingerprint density at radius 3 is 2.82 bits per heavy atom. The molecule has 0 radical (unpaired) electrons. The molecule has 4 nitrogen and oxygen atoms in total. The first-order valence-electron chi connectivity index (χ1n) is 5.35. The lowest BCUT2D eigenvalue weighted by molar-refractivity contribution is -0.118. The molecule has 0 aliphatic rings. The molecule has 0 spiro atoms. The van der Waals surface area contributed by atoms with Gasteiger partial charge in [-0.2, -0.15) is 5.26 Å². The molecule has 0 bridgehead atoms. The van der Waals surface area contributed by atoms with Crippen LogP contribution in [0.2, 0.25) is 0 Å². The van der Waals surface area contributed by atoms with Gasteiger partial charge in [0.2, 0.25) is 5.91 Å².